The minimum absolute atomic E-state index is 0.365. The van der Waals surface area contributed by atoms with Crippen molar-refractivity contribution in [3.63, 3.8) is 0 Å². The summed E-state index contributed by atoms with van der Waals surface area (Å²) in [7, 11) is 0. The number of carbonyl (C=O) groups excluding carboxylic acids is 1. The van der Waals surface area contributed by atoms with Crippen LogP contribution in [0, 0.1) is 6.92 Å². The van der Waals surface area contributed by atoms with Crippen LogP contribution in [0.5, 0.6) is 5.75 Å². The highest BCUT2D eigenvalue weighted by atomic mass is 79.9. The number of ether oxygens (including phenoxy) is 1. The van der Waals surface area contributed by atoms with E-state index in [1.165, 1.54) is 5.56 Å². The molecule has 2 nitrogen and oxygen atoms in total. The first-order valence-electron chi connectivity index (χ1n) is 6.28. The summed E-state index contributed by atoms with van der Waals surface area (Å²) < 4.78 is 7.10. The first kappa shape index (κ1) is 15.3. The zero-order chi connectivity index (χ0) is 14.7. The predicted octanol–water partition coefficient (Wildman–Crippen LogP) is 5.30. The highest BCUT2D eigenvalue weighted by Gasteiger charge is 2.12. The Kier molecular flexibility index (Phi) is 5.00. The number of hydrogen-bond acceptors (Lipinski definition) is 2. The van der Waals surface area contributed by atoms with E-state index in [1.54, 1.807) is 12.1 Å². The van der Waals surface area contributed by atoms with Crippen LogP contribution < -0.4 is 4.74 Å². The Morgan fingerprint density at radius 1 is 1.10 bits per heavy atom. The van der Waals surface area contributed by atoms with E-state index in [2.05, 4.69) is 38.8 Å². The van der Waals surface area contributed by atoms with Crippen molar-refractivity contribution in [2.45, 2.75) is 20.3 Å². The van der Waals surface area contributed by atoms with Crippen LogP contribution in [0.4, 0.5) is 0 Å². The molecule has 0 amide bonds. The number of carbonyl (C=O) groups is 1. The van der Waals surface area contributed by atoms with Gasteiger partial charge in [-0.1, -0.05) is 35.0 Å². The van der Waals surface area contributed by atoms with Gasteiger partial charge >= 0.3 is 5.97 Å². The molecule has 0 saturated heterocycles. The van der Waals surface area contributed by atoms with Gasteiger partial charge in [0.25, 0.3) is 0 Å². The standard InChI is InChI=1S/C16H14Br2O2/c1-3-11-5-7-15(14(18)8-11)20-16(19)12-6-4-10(2)13(17)9-12/h4-9H,3H2,1-2H3. The van der Waals surface area contributed by atoms with E-state index in [9.17, 15) is 4.79 Å². The Morgan fingerprint density at radius 2 is 1.85 bits per heavy atom. The average Bonchev–Trinajstić information content (AvgIpc) is 2.43. The van der Waals surface area contributed by atoms with Crippen LogP contribution in [0.2, 0.25) is 0 Å². The maximum Gasteiger partial charge on any atom is 0.343 e. The van der Waals surface area contributed by atoms with Gasteiger partial charge in [0.15, 0.2) is 0 Å². The van der Waals surface area contributed by atoms with Crippen molar-refractivity contribution in [1.29, 1.82) is 0 Å². The van der Waals surface area contributed by atoms with Gasteiger partial charge in [-0.05, 0) is 64.7 Å². The fourth-order valence-electron chi connectivity index (χ4n) is 1.73. The van der Waals surface area contributed by atoms with Gasteiger partial charge in [-0.15, -0.1) is 0 Å². The molecule has 0 aliphatic heterocycles. The van der Waals surface area contributed by atoms with E-state index < -0.39 is 0 Å². The molecule has 20 heavy (non-hydrogen) atoms. The summed E-state index contributed by atoms with van der Waals surface area (Å²) in [6.45, 7) is 4.05. The molecule has 0 aliphatic carbocycles. The topological polar surface area (TPSA) is 26.3 Å². The lowest BCUT2D eigenvalue weighted by molar-refractivity contribution is 0.0733. The minimum Gasteiger partial charge on any atom is -0.422 e. The lowest BCUT2D eigenvalue weighted by Crippen LogP contribution is -2.09. The number of hydrogen-bond donors (Lipinski definition) is 0. The number of halogens is 2. The van der Waals surface area contributed by atoms with Crippen LogP contribution >= 0.6 is 31.9 Å². The maximum absolute atomic E-state index is 12.1. The Balaban J connectivity index is 2.21. The fraction of sp³-hybridized carbons (Fsp3) is 0.188. The smallest absolute Gasteiger partial charge is 0.343 e. The number of rotatable bonds is 3. The van der Waals surface area contributed by atoms with Crippen LogP contribution in [-0.2, 0) is 6.42 Å². The molecular formula is C16H14Br2O2. The Morgan fingerprint density at radius 3 is 2.45 bits per heavy atom. The maximum atomic E-state index is 12.1. The fourth-order valence-corrected chi connectivity index (χ4v) is 2.61. The largest absolute Gasteiger partial charge is 0.422 e. The number of aryl methyl sites for hydroxylation is 2. The molecule has 0 aromatic heterocycles. The second-order valence-corrected chi connectivity index (χ2v) is 6.18. The van der Waals surface area contributed by atoms with Crippen LogP contribution in [0.1, 0.15) is 28.4 Å². The first-order chi connectivity index (χ1) is 9.51. The second kappa shape index (κ2) is 6.55. The van der Waals surface area contributed by atoms with Crippen molar-refractivity contribution < 1.29 is 9.53 Å². The van der Waals surface area contributed by atoms with E-state index in [1.807, 2.05) is 31.2 Å². The molecule has 2 aromatic rings. The summed E-state index contributed by atoms with van der Waals surface area (Å²) in [5.41, 5.74) is 2.79. The Hall–Kier alpha value is -1.13. The molecule has 0 N–H and O–H groups in total. The second-order valence-electron chi connectivity index (χ2n) is 4.47. The van der Waals surface area contributed by atoms with Crippen molar-refractivity contribution in [3.8, 4) is 5.75 Å². The van der Waals surface area contributed by atoms with Crippen molar-refractivity contribution >= 4 is 37.8 Å². The van der Waals surface area contributed by atoms with Gasteiger partial charge < -0.3 is 4.74 Å². The SMILES string of the molecule is CCc1ccc(OC(=O)c2ccc(C)c(Br)c2)c(Br)c1. The summed E-state index contributed by atoms with van der Waals surface area (Å²) in [6.07, 6.45) is 0.942. The normalized spacial score (nSPS) is 10.4. The molecule has 2 aromatic carbocycles. The van der Waals surface area contributed by atoms with Gasteiger partial charge in [-0.3, -0.25) is 0 Å². The summed E-state index contributed by atoms with van der Waals surface area (Å²) >= 11 is 6.84. The van der Waals surface area contributed by atoms with Crippen LogP contribution in [0.3, 0.4) is 0 Å². The van der Waals surface area contributed by atoms with Crippen LogP contribution in [0.15, 0.2) is 45.3 Å². The lowest BCUT2D eigenvalue weighted by Gasteiger charge is -2.08. The third kappa shape index (κ3) is 3.49. The lowest BCUT2D eigenvalue weighted by atomic mass is 10.1. The third-order valence-electron chi connectivity index (χ3n) is 3.01. The monoisotopic (exact) mass is 396 g/mol. The molecule has 0 fully saturated rings. The molecule has 0 radical (unpaired) electrons. The molecule has 0 spiro atoms. The zero-order valence-electron chi connectivity index (χ0n) is 11.2. The molecule has 2 rings (SSSR count). The van der Waals surface area contributed by atoms with Crippen molar-refractivity contribution in [1.82, 2.24) is 0 Å². The zero-order valence-corrected chi connectivity index (χ0v) is 14.4. The number of benzene rings is 2. The molecule has 4 heteroatoms. The average molecular weight is 398 g/mol. The van der Waals surface area contributed by atoms with Gasteiger partial charge in [0.1, 0.15) is 5.75 Å². The molecule has 0 unspecified atom stereocenters. The highest BCUT2D eigenvalue weighted by Crippen LogP contribution is 2.27. The van der Waals surface area contributed by atoms with E-state index >= 15 is 0 Å². The summed E-state index contributed by atoms with van der Waals surface area (Å²) in [5.74, 6) is 0.166. The molecule has 104 valence electrons. The summed E-state index contributed by atoms with van der Waals surface area (Å²) in [4.78, 5) is 12.1. The molecular weight excluding hydrogens is 384 g/mol. The molecule has 0 bridgehead atoms. The van der Waals surface area contributed by atoms with E-state index in [0.29, 0.717) is 11.3 Å². The van der Waals surface area contributed by atoms with Crippen molar-refractivity contribution in [2.24, 2.45) is 0 Å². The summed E-state index contributed by atoms with van der Waals surface area (Å²) in [6, 6.07) is 11.1. The van der Waals surface area contributed by atoms with Gasteiger partial charge in [0.05, 0.1) is 10.0 Å². The third-order valence-corrected chi connectivity index (χ3v) is 4.49. The van der Waals surface area contributed by atoms with Crippen molar-refractivity contribution in [2.75, 3.05) is 0 Å². The first-order valence-corrected chi connectivity index (χ1v) is 7.86. The van der Waals surface area contributed by atoms with Gasteiger partial charge in [-0.2, -0.15) is 0 Å². The van der Waals surface area contributed by atoms with Crippen LogP contribution in [0.25, 0.3) is 0 Å². The highest BCUT2D eigenvalue weighted by molar-refractivity contribution is 9.10. The number of esters is 1. The minimum atomic E-state index is -0.365. The molecule has 0 atom stereocenters. The van der Waals surface area contributed by atoms with E-state index in [4.69, 9.17) is 4.74 Å². The Bertz CT molecular complexity index is 651. The van der Waals surface area contributed by atoms with Crippen LogP contribution in [-0.4, -0.2) is 5.97 Å². The van der Waals surface area contributed by atoms with Gasteiger partial charge in [0, 0.05) is 4.47 Å². The van der Waals surface area contributed by atoms with Gasteiger partial charge in [-0.25, -0.2) is 4.79 Å². The molecule has 0 heterocycles. The van der Waals surface area contributed by atoms with Gasteiger partial charge in [0.2, 0.25) is 0 Å². The Labute approximate surface area is 135 Å². The van der Waals surface area contributed by atoms with E-state index in [0.717, 1.165) is 20.9 Å². The molecule has 0 saturated carbocycles. The molecule has 0 aliphatic rings. The van der Waals surface area contributed by atoms with E-state index in [-0.39, 0.29) is 5.97 Å². The quantitative estimate of drug-likeness (QED) is 0.518. The summed E-state index contributed by atoms with van der Waals surface area (Å²) in [5, 5.41) is 0. The predicted molar refractivity (Wildman–Crippen MR) is 87.4 cm³/mol. The van der Waals surface area contributed by atoms with Crippen molar-refractivity contribution in [3.05, 3.63) is 62.0 Å².